The highest BCUT2D eigenvalue weighted by Crippen LogP contribution is 2.43. The van der Waals surface area contributed by atoms with E-state index >= 15 is 0 Å². The lowest BCUT2D eigenvalue weighted by atomic mass is 10.0. The van der Waals surface area contributed by atoms with E-state index < -0.39 is 0 Å². The Morgan fingerprint density at radius 2 is 2.04 bits per heavy atom. The van der Waals surface area contributed by atoms with Gasteiger partial charge in [-0.2, -0.15) is 0 Å². The summed E-state index contributed by atoms with van der Waals surface area (Å²) in [6, 6.07) is 8.10. The van der Waals surface area contributed by atoms with Gasteiger partial charge in [0, 0.05) is 35.6 Å². The predicted molar refractivity (Wildman–Crippen MR) is 100 cm³/mol. The molecular weight excluding hydrogens is 404 g/mol. The second-order valence-corrected chi connectivity index (χ2v) is 8.26. The van der Waals surface area contributed by atoms with Crippen LogP contribution >= 0.6 is 27.3 Å². The van der Waals surface area contributed by atoms with Gasteiger partial charge in [0.05, 0.1) is 0 Å². The molecule has 2 N–H and O–H groups in total. The number of ether oxygens (including phenoxy) is 1. The summed E-state index contributed by atoms with van der Waals surface area (Å²) in [6.07, 6.45) is 2.90. The lowest BCUT2D eigenvalue weighted by Gasteiger charge is -2.18. The second kappa shape index (κ2) is 7.39. The average Bonchev–Trinajstić information content (AvgIpc) is 3.21. The molecule has 1 saturated heterocycles. The summed E-state index contributed by atoms with van der Waals surface area (Å²) in [5, 5.41) is 15.7. The molecule has 0 bridgehead atoms. The third kappa shape index (κ3) is 4.02. The van der Waals surface area contributed by atoms with Gasteiger partial charge in [-0.15, -0.1) is 10.2 Å². The molecule has 2 atom stereocenters. The monoisotopic (exact) mass is 422 g/mol. The molecule has 2 amide bonds. The fourth-order valence-electron chi connectivity index (χ4n) is 3.17. The minimum absolute atomic E-state index is 0.168. The Morgan fingerprint density at radius 1 is 1.24 bits per heavy atom. The zero-order chi connectivity index (χ0) is 17.2. The largest absolute Gasteiger partial charge is 0.381 e. The van der Waals surface area contributed by atoms with Crippen LogP contribution in [0, 0.1) is 0 Å². The Labute approximate surface area is 158 Å². The summed E-state index contributed by atoms with van der Waals surface area (Å²) in [7, 11) is 0. The van der Waals surface area contributed by atoms with Crippen LogP contribution in [0.3, 0.4) is 0 Å². The van der Waals surface area contributed by atoms with Crippen molar-refractivity contribution < 1.29 is 9.53 Å². The topological polar surface area (TPSA) is 76.1 Å². The number of halogens is 1. The van der Waals surface area contributed by atoms with Crippen molar-refractivity contribution >= 4 is 38.4 Å². The van der Waals surface area contributed by atoms with Crippen molar-refractivity contribution in [2.75, 3.05) is 18.5 Å². The summed E-state index contributed by atoms with van der Waals surface area (Å²) in [5.41, 5.74) is 1.24. The van der Waals surface area contributed by atoms with Crippen LogP contribution in [0.1, 0.15) is 41.7 Å². The van der Waals surface area contributed by atoms with E-state index in [4.69, 9.17) is 4.74 Å². The third-order valence-electron chi connectivity index (χ3n) is 4.64. The summed E-state index contributed by atoms with van der Waals surface area (Å²) >= 11 is 5.03. The van der Waals surface area contributed by atoms with Crippen LogP contribution in [0.25, 0.3) is 0 Å². The maximum Gasteiger partial charge on any atom is 0.321 e. The summed E-state index contributed by atoms with van der Waals surface area (Å²) in [6.45, 7) is 1.54. The number of anilines is 1. The van der Waals surface area contributed by atoms with E-state index in [0.29, 0.717) is 17.0 Å². The van der Waals surface area contributed by atoms with Crippen molar-refractivity contribution in [2.45, 2.75) is 37.1 Å². The molecule has 25 heavy (non-hydrogen) atoms. The molecule has 2 heterocycles. The Bertz CT molecular complexity index is 763. The van der Waals surface area contributed by atoms with Crippen LogP contribution in [0.15, 0.2) is 28.7 Å². The van der Waals surface area contributed by atoms with Crippen molar-refractivity contribution in [1.29, 1.82) is 0 Å². The van der Waals surface area contributed by atoms with Gasteiger partial charge >= 0.3 is 6.03 Å². The molecule has 4 rings (SSSR count). The van der Waals surface area contributed by atoms with E-state index in [-0.39, 0.29) is 12.1 Å². The molecule has 132 valence electrons. The van der Waals surface area contributed by atoms with Gasteiger partial charge in [0.2, 0.25) is 5.13 Å². The highest BCUT2D eigenvalue weighted by atomic mass is 79.9. The van der Waals surface area contributed by atoms with Crippen LogP contribution < -0.4 is 10.6 Å². The smallest absolute Gasteiger partial charge is 0.321 e. The number of carbonyl (C=O) groups excluding carboxylic acids is 1. The number of hydrogen-bond acceptors (Lipinski definition) is 5. The van der Waals surface area contributed by atoms with Gasteiger partial charge in [-0.1, -0.05) is 45.5 Å². The fraction of sp³-hybridized carbons (Fsp3) is 0.471. The van der Waals surface area contributed by atoms with Crippen molar-refractivity contribution in [2.24, 2.45) is 0 Å². The first-order valence-electron chi connectivity index (χ1n) is 8.44. The number of urea groups is 1. The molecule has 0 spiro atoms. The van der Waals surface area contributed by atoms with Gasteiger partial charge in [-0.05, 0) is 30.9 Å². The first kappa shape index (κ1) is 16.9. The summed E-state index contributed by atoms with van der Waals surface area (Å²) < 4.78 is 6.46. The molecule has 2 fully saturated rings. The van der Waals surface area contributed by atoms with Gasteiger partial charge in [0.15, 0.2) is 0 Å². The van der Waals surface area contributed by atoms with E-state index in [0.717, 1.165) is 42.0 Å². The lowest BCUT2D eigenvalue weighted by molar-refractivity contribution is 0.0851. The molecular formula is C17H19BrN4O2S. The van der Waals surface area contributed by atoms with Gasteiger partial charge in [-0.3, -0.25) is 5.32 Å². The number of aromatic nitrogens is 2. The quantitative estimate of drug-likeness (QED) is 0.783. The molecule has 6 nitrogen and oxygen atoms in total. The van der Waals surface area contributed by atoms with Crippen LogP contribution in [0.2, 0.25) is 0 Å². The summed E-state index contributed by atoms with van der Waals surface area (Å²) in [4.78, 5) is 12.2. The van der Waals surface area contributed by atoms with E-state index in [9.17, 15) is 4.79 Å². The van der Waals surface area contributed by atoms with Gasteiger partial charge < -0.3 is 10.1 Å². The number of rotatable bonds is 4. The first-order chi connectivity index (χ1) is 12.2. The number of nitrogens with one attached hydrogen (secondary N) is 2. The predicted octanol–water partition coefficient (Wildman–Crippen LogP) is 3.87. The molecule has 1 aliphatic carbocycles. The van der Waals surface area contributed by atoms with Crippen LogP contribution in [0.5, 0.6) is 0 Å². The number of amides is 2. The maximum atomic E-state index is 12.2. The van der Waals surface area contributed by atoms with E-state index in [2.05, 4.69) is 42.8 Å². The average molecular weight is 423 g/mol. The van der Waals surface area contributed by atoms with Crippen LogP contribution in [-0.2, 0) is 4.74 Å². The van der Waals surface area contributed by atoms with E-state index in [1.807, 2.05) is 18.2 Å². The Balaban J connectivity index is 1.30. The van der Waals surface area contributed by atoms with Crippen LogP contribution in [-0.4, -0.2) is 35.5 Å². The van der Waals surface area contributed by atoms with Gasteiger partial charge in [0.1, 0.15) is 5.01 Å². The van der Waals surface area contributed by atoms with Crippen molar-refractivity contribution in [3.05, 3.63) is 39.3 Å². The number of carbonyl (C=O) groups is 1. The fourth-order valence-corrected chi connectivity index (χ4v) is 4.66. The van der Waals surface area contributed by atoms with E-state index in [1.165, 1.54) is 16.9 Å². The second-order valence-electron chi connectivity index (χ2n) is 6.40. The molecule has 0 unspecified atom stereocenters. The standard InChI is InChI=1S/C17H19BrN4O2S/c18-13-4-2-1-3-11(13)12-9-14(12)19-16(23)20-17-22-21-15(25-17)10-5-7-24-8-6-10/h1-4,10,12,14H,5-9H2,(H2,19,20,22,23)/t12-,14+/m0/s1. The molecule has 8 heteroatoms. The Hall–Kier alpha value is -1.51. The van der Waals surface area contributed by atoms with Gasteiger partial charge in [0.25, 0.3) is 0 Å². The maximum absolute atomic E-state index is 12.2. The molecule has 1 aromatic heterocycles. The molecule has 1 aliphatic heterocycles. The normalized spacial score (nSPS) is 23.2. The zero-order valence-electron chi connectivity index (χ0n) is 13.6. The first-order valence-corrected chi connectivity index (χ1v) is 10.0. The van der Waals surface area contributed by atoms with Crippen molar-refractivity contribution in [3.8, 4) is 0 Å². The molecule has 1 saturated carbocycles. The third-order valence-corrected chi connectivity index (χ3v) is 6.37. The highest BCUT2D eigenvalue weighted by Gasteiger charge is 2.40. The Morgan fingerprint density at radius 3 is 2.84 bits per heavy atom. The minimum atomic E-state index is -0.214. The highest BCUT2D eigenvalue weighted by molar-refractivity contribution is 9.10. The van der Waals surface area contributed by atoms with Crippen molar-refractivity contribution in [3.63, 3.8) is 0 Å². The lowest BCUT2D eigenvalue weighted by Crippen LogP contribution is -2.31. The number of nitrogens with zero attached hydrogens (tertiary/aromatic N) is 2. The molecule has 2 aromatic rings. The molecule has 1 aromatic carbocycles. The Kier molecular flexibility index (Phi) is 5.00. The van der Waals surface area contributed by atoms with Gasteiger partial charge in [-0.25, -0.2) is 4.79 Å². The summed E-state index contributed by atoms with van der Waals surface area (Å²) in [5.74, 6) is 0.765. The van der Waals surface area contributed by atoms with Crippen LogP contribution in [0.4, 0.5) is 9.93 Å². The number of hydrogen-bond donors (Lipinski definition) is 2. The number of benzene rings is 1. The van der Waals surface area contributed by atoms with Crippen molar-refractivity contribution in [1.82, 2.24) is 15.5 Å². The van der Waals surface area contributed by atoms with E-state index in [1.54, 1.807) is 0 Å². The molecule has 2 aliphatic rings. The zero-order valence-corrected chi connectivity index (χ0v) is 16.0. The SMILES string of the molecule is O=C(Nc1nnc(C2CCOCC2)s1)N[C@@H]1C[C@H]1c1ccccc1Br. The molecule has 0 radical (unpaired) electrons. The minimum Gasteiger partial charge on any atom is -0.381 e.